The molecule has 0 spiro atoms. The fourth-order valence-electron chi connectivity index (χ4n) is 2.76. The summed E-state index contributed by atoms with van der Waals surface area (Å²) >= 11 is 6.27. The van der Waals surface area contributed by atoms with Crippen LogP contribution in [0.15, 0.2) is 12.1 Å². The van der Waals surface area contributed by atoms with E-state index in [1.165, 1.54) is 0 Å². The van der Waals surface area contributed by atoms with Crippen molar-refractivity contribution >= 4 is 11.6 Å². The van der Waals surface area contributed by atoms with Crippen molar-refractivity contribution in [3.63, 3.8) is 0 Å². The van der Waals surface area contributed by atoms with Crippen LogP contribution in [0.1, 0.15) is 36.9 Å². The lowest BCUT2D eigenvalue weighted by molar-refractivity contribution is 0.161. The monoisotopic (exact) mass is 284 g/mol. The van der Waals surface area contributed by atoms with E-state index in [-0.39, 0.29) is 11.9 Å². The third-order valence-electron chi connectivity index (χ3n) is 3.81. The molecule has 0 aromatic heterocycles. The second kappa shape index (κ2) is 6.69. The van der Waals surface area contributed by atoms with Gasteiger partial charge in [0.25, 0.3) is 0 Å². The predicted octanol–water partition coefficient (Wildman–Crippen LogP) is 3.53. The van der Waals surface area contributed by atoms with Crippen LogP contribution >= 0.6 is 11.6 Å². The lowest BCUT2D eigenvalue weighted by Gasteiger charge is -2.36. The van der Waals surface area contributed by atoms with Crippen LogP contribution in [0.5, 0.6) is 0 Å². The molecule has 1 saturated heterocycles. The van der Waals surface area contributed by atoms with Crippen LogP contribution in [0.3, 0.4) is 0 Å². The first-order valence-corrected chi connectivity index (χ1v) is 7.42. The highest BCUT2D eigenvalue weighted by atomic mass is 35.5. The van der Waals surface area contributed by atoms with E-state index in [9.17, 15) is 4.39 Å². The third kappa shape index (κ3) is 3.28. The summed E-state index contributed by atoms with van der Waals surface area (Å²) in [6.45, 7) is 7.77. The van der Waals surface area contributed by atoms with Crippen LogP contribution in [-0.2, 0) is 0 Å². The Morgan fingerprint density at radius 1 is 1.37 bits per heavy atom. The second-order valence-electron chi connectivity index (χ2n) is 5.18. The zero-order valence-corrected chi connectivity index (χ0v) is 12.4. The van der Waals surface area contributed by atoms with Crippen molar-refractivity contribution in [2.75, 3.05) is 26.2 Å². The minimum absolute atomic E-state index is 0.0968. The van der Waals surface area contributed by atoms with E-state index >= 15 is 0 Å². The molecule has 1 atom stereocenters. The molecule has 1 aromatic rings. The summed E-state index contributed by atoms with van der Waals surface area (Å²) < 4.78 is 14.5. The average Bonchev–Trinajstić information content (AvgIpc) is 2.43. The molecule has 0 aliphatic carbocycles. The molecule has 0 saturated carbocycles. The van der Waals surface area contributed by atoms with Crippen molar-refractivity contribution < 1.29 is 4.39 Å². The van der Waals surface area contributed by atoms with Crippen molar-refractivity contribution in [2.45, 2.75) is 32.7 Å². The number of rotatable bonds is 4. The van der Waals surface area contributed by atoms with Gasteiger partial charge in [-0.1, -0.05) is 31.0 Å². The molecule has 4 heteroatoms. The zero-order chi connectivity index (χ0) is 13.8. The van der Waals surface area contributed by atoms with E-state index < -0.39 is 0 Å². The summed E-state index contributed by atoms with van der Waals surface area (Å²) in [7, 11) is 0. The van der Waals surface area contributed by atoms with Gasteiger partial charge in [0, 0.05) is 42.8 Å². The maximum absolute atomic E-state index is 14.5. The predicted molar refractivity (Wildman–Crippen MR) is 78.2 cm³/mol. The second-order valence-corrected chi connectivity index (χ2v) is 5.59. The Morgan fingerprint density at radius 2 is 2.05 bits per heavy atom. The maximum atomic E-state index is 14.5. The first-order valence-electron chi connectivity index (χ1n) is 7.04. The Balaban J connectivity index is 2.35. The Bertz CT molecular complexity index is 430. The molecule has 0 radical (unpaired) electrons. The Hall–Kier alpha value is -0.640. The van der Waals surface area contributed by atoms with Crippen LogP contribution < -0.4 is 5.32 Å². The molecule has 1 aromatic carbocycles. The van der Waals surface area contributed by atoms with Crippen molar-refractivity contribution in [3.05, 3.63) is 34.1 Å². The highest BCUT2D eigenvalue weighted by molar-refractivity contribution is 6.31. The molecule has 1 fully saturated rings. The third-order valence-corrected chi connectivity index (χ3v) is 4.14. The van der Waals surface area contributed by atoms with Gasteiger partial charge in [0.15, 0.2) is 0 Å². The van der Waals surface area contributed by atoms with E-state index in [1.54, 1.807) is 13.0 Å². The van der Waals surface area contributed by atoms with Crippen LogP contribution in [0.4, 0.5) is 4.39 Å². The summed E-state index contributed by atoms with van der Waals surface area (Å²) in [4.78, 5) is 2.35. The van der Waals surface area contributed by atoms with Crippen molar-refractivity contribution in [2.24, 2.45) is 0 Å². The van der Waals surface area contributed by atoms with E-state index in [0.717, 1.165) is 39.0 Å². The molecule has 106 valence electrons. The highest BCUT2D eigenvalue weighted by Crippen LogP contribution is 2.34. The average molecular weight is 285 g/mol. The van der Waals surface area contributed by atoms with E-state index in [4.69, 9.17) is 11.6 Å². The van der Waals surface area contributed by atoms with E-state index in [2.05, 4.69) is 17.1 Å². The maximum Gasteiger partial charge on any atom is 0.132 e. The minimum atomic E-state index is -0.135. The summed E-state index contributed by atoms with van der Waals surface area (Å²) in [6.07, 6.45) is 1.97. The number of aryl methyl sites for hydroxylation is 1. The molecule has 1 N–H and O–H groups in total. The molecule has 1 aliphatic heterocycles. The summed E-state index contributed by atoms with van der Waals surface area (Å²) in [6, 6.07) is 3.67. The van der Waals surface area contributed by atoms with Crippen molar-refractivity contribution in [1.82, 2.24) is 10.2 Å². The number of halogens is 2. The van der Waals surface area contributed by atoms with E-state index in [1.807, 2.05) is 6.07 Å². The van der Waals surface area contributed by atoms with Gasteiger partial charge in [-0.05, 0) is 25.0 Å². The van der Waals surface area contributed by atoms with Crippen molar-refractivity contribution in [3.8, 4) is 0 Å². The number of benzene rings is 1. The molecule has 0 amide bonds. The SMILES string of the molecule is CCC[C@H](c1c(Cl)ccc(C)c1F)N1CCNCC1. The lowest BCUT2D eigenvalue weighted by Crippen LogP contribution is -2.45. The quantitative estimate of drug-likeness (QED) is 0.910. The van der Waals surface area contributed by atoms with Crippen molar-refractivity contribution in [1.29, 1.82) is 0 Å². The highest BCUT2D eigenvalue weighted by Gasteiger charge is 2.26. The number of hydrogen-bond acceptors (Lipinski definition) is 2. The topological polar surface area (TPSA) is 15.3 Å². The Kier molecular flexibility index (Phi) is 5.20. The molecule has 19 heavy (non-hydrogen) atoms. The molecular weight excluding hydrogens is 263 g/mol. The van der Waals surface area contributed by atoms with Crippen LogP contribution in [0.2, 0.25) is 5.02 Å². The summed E-state index contributed by atoms with van der Waals surface area (Å²) in [5, 5.41) is 3.89. The van der Waals surface area contributed by atoms with E-state index in [0.29, 0.717) is 16.1 Å². The van der Waals surface area contributed by atoms with Gasteiger partial charge in [-0.3, -0.25) is 4.90 Å². The smallest absolute Gasteiger partial charge is 0.132 e. The van der Waals surface area contributed by atoms with Gasteiger partial charge in [-0.15, -0.1) is 0 Å². The normalized spacial score (nSPS) is 18.5. The summed E-state index contributed by atoms with van der Waals surface area (Å²) in [5.41, 5.74) is 1.36. The molecule has 0 bridgehead atoms. The van der Waals surface area contributed by atoms with Crippen LogP contribution in [0.25, 0.3) is 0 Å². The van der Waals surface area contributed by atoms with Crippen LogP contribution in [0, 0.1) is 12.7 Å². The number of nitrogens with zero attached hydrogens (tertiary/aromatic N) is 1. The molecule has 0 unspecified atom stereocenters. The Labute approximate surface area is 119 Å². The number of piperazine rings is 1. The van der Waals surface area contributed by atoms with Gasteiger partial charge in [-0.25, -0.2) is 4.39 Å². The largest absolute Gasteiger partial charge is 0.314 e. The van der Waals surface area contributed by atoms with Crippen LogP contribution in [-0.4, -0.2) is 31.1 Å². The Morgan fingerprint density at radius 3 is 2.68 bits per heavy atom. The van der Waals surface area contributed by atoms with Gasteiger partial charge < -0.3 is 5.32 Å². The lowest BCUT2D eigenvalue weighted by atomic mass is 9.97. The standard InChI is InChI=1S/C15H22ClFN2/c1-3-4-13(19-9-7-18-8-10-19)14-12(16)6-5-11(2)15(14)17/h5-6,13,18H,3-4,7-10H2,1-2H3/t13-/m1/s1. The molecule has 2 rings (SSSR count). The van der Waals surface area contributed by atoms with Gasteiger partial charge >= 0.3 is 0 Å². The van der Waals surface area contributed by atoms with Gasteiger partial charge in [-0.2, -0.15) is 0 Å². The fraction of sp³-hybridized carbons (Fsp3) is 0.600. The minimum Gasteiger partial charge on any atom is -0.314 e. The van der Waals surface area contributed by atoms with Gasteiger partial charge in [0.05, 0.1) is 0 Å². The fourth-order valence-corrected chi connectivity index (χ4v) is 3.03. The first-order chi connectivity index (χ1) is 9.15. The zero-order valence-electron chi connectivity index (χ0n) is 11.7. The summed E-state index contributed by atoms with van der Waals surface area (Å²) in [5.74, 6) is -0.135. The van der Waals surface area contributed by atoms with Gasteiger partial charge in [0.1, 0.15) is 5.82 Å². The molecular formula is C15H22ClFN2. The first kappa shape index (κ1) is 14.8. The molecule has 1 aliphatic rings. The van der Waals surface area contributed by atoms with Gasteiger partial charge in [0.2, 0.25) is 0 Å². The molecule has 2 nitrogen and oxygen atoms in total. The number of hydrogen-bond donors (Lipinski definition) is 1. The number of nitrogens with one attached hydrogen (secondary N) is 1. The molecule has 1 heterocycles.